The molecule has 1 rings (SSSR count). The second-order valence-corrected chi connectivity index (χ2v) is 3.03. The fraction of sp³-hybridized carbons (Fsp3) is 0.444. The van der Waals surface area contributed by atoms with Crippen LogP contribution < -0.4 is 5.32 Å². The van der Waals surface area contributed by atoms with Crippen LogP contribution in [0.3, 0.4) is 0 Å². The minimum Gasteiger partial charge on any atom is -0.480 e. The van der Waals surface area contributed by atoms with Gasteiger partial charge in [0.2, 0.25) is 5.76 Å². The lowest BCUT2D eigenvalue weighted by Crippen LogP contribution is -2.27. The van der Waals surface area contributed by atoms with Gasteiger partial charge < -0.3 is 19.7 Å². The van der Waals surface area contributed by atoms with E-state index in [0.29, 0.717) is 5.69 Å². The lowest BCUT2D eigenvalue weighted by atomic mass is 10.4. The lowest BCUT2D eigenvalue weighted by Gasteiger charge is -2.02. The minimum atomic E-state index is -1.04. The standard InChI is InChI=1S/C9H12N2O5/c1-6-4-7(16-11-6)9(14)10-2-3-15-5-8(12)13/h4H,2-3,5H2,1H3,(H,10,14)(H,12,13). The number of amides is 1. The van der Waals surface area contributed by atoms with Gasteiger partial charge in [-0.15, -0.1) is 0 Å². The summed E-state index contributed by atoms with van der Waals surface area (Å²) in [5.74, 6) is -1.33. The van der Waals surface area contributed by atoms with E-state index in [1.165, 1.54) is 6.07 Å². The van der Waals surface area contributed by atoms with Crippen LogP contribution >= 0.6 is 0 Å². The number of ether oxygens (including phenoxy) is 1. The third kappa shape index (κ3) is 4.09. The SMILES string of the molecule is Cc1cc(C(=O)NCCOCC(=O)O)on1. The van der Waals surface area contributed by atoms with Gasteiger partial charge in [0.15, 0.2) is 0 Å². The highest BCUT2D eigenvalue weighted by Gasteiger charge is 2.10. The highest BCUT2D eigenvalue weighted by Crippen LogP contribution is 2.00. The molecule has 0 aliphatic rings. The molecule has 1 heterocycles. The van der Waals surface area contributed by atoms with Crippen LogP contribution in [0.15, 0.2) is 10.6 Å². The summed E-state index contributed by atoms with van der Waals surface area (Å²) < 4.78 is 9.45. The van der Waals surface area contributed by atoms with Crippen molar-refractivity contribution in [3.05, 3.63) is 17.5 Å². The normalized spacial score (nSPS) is 10.1. The summed E-state index contributed by atoms with van der Waals surface area (Å²) in [6.07, 6.45) is 0. The van der Waals surface area contributed by atoms with Crippen LogP contribution in [0.1, 0.15) is 16.2 Å². The second kappa shape index (κ2) is 5.86. The molecule has 0 bridgehead atoms. The Morgan fingerprint density at radius 1 is 1.62 bits per heavy atom. The van der Waals surface area contributed by atoms with Crippen molar-refractivity contribution >= 4 is 11.9 Å². The van der Waals surface area contributed by atoms with Crippen LogP contribution in [-0.2, 0) is 9.53 Å². The molecule has 2 N–H and O–H groups in total. The van der Waals surface area contributed by atoms with Crippen LogP contribution in [0.2, 0.25) is 0 Å². The Kier molecular flexibility index (Phi) is 4.46. The highest BCUT2D eigenvalue weighted by atomic mass is 16.5. The van der Waals surface area contributed by atoms with E-state index in [1.807, 2.05) is 0 Å². The van der Waals surface area contributed by atoms with Gasteiger partial charge in [-0.2, -0.15) is 0 Å². The molecule has 0 atom stereocenters. The molecule has 0 saturated heterocycles. The molecule has 0 aliphatic heterocycles. The molecule has 7 nitrogen and oxygen atoms in total. The molecule has 0 radical (unpaired) electrons. The van der Waals surface area contributed by atoms with Crippen molar-refractivity contribution in [2.45, 2.75) is 6.92 Å². The average Bonchev–Trinajstić information content (AvgIpc) is 2.63. The molecule has 0 unspecified atom stereocenters. The molecule has 7 heteroatoms. The Labute approximate surface area is 91.4 Å². The zero-order chi connectivity index (χ0) is 12.0. The number of rotatable bonds is 6. The number of hydrogen-bond acceptors (Lipinski definition) is 5. The van der Waals surface area contributed by atoms with Crippen molar-refractivity contribution in [3.8, 4) is 0 Å². The van der Waals surface area contributed by atoms with E-state index in [9.17, 15) is 9.59 Å². The van der Waals surface area contributed by atoms with Crippen molar-refractivity contribution in [3.63, 3.8) is 0 Å². The third-order valence-corrected chi connectivity index (χ3v) is 1.61. The van der Waals surface area contributed by atoms with Crippen molar-refractivity contribution in [1.82, 2.24) is 10.5 Å². The van der Waals surface area contributed by atoms with Crippen molar-refractivity contribution < 1.29 is 24.0 Å². The van der Waals surface area contributed by atoms with Crippen LogP contribution in [0.4, 0.5) is 0 Å². The predicted molar refractivity (Wildman–Crippen MR) is 52.0 cm³/mol. The van der Waals surface area contributed by atoms with E-state index in [-0.39, 0.29) is 25.5 Å². The zero-order valence-corrected chi connectivity index (χ0v) is 8.73. The number of nitrogens with one attached hydrogen (secondary N) is 1. The van der Waals surface area contributed by atoms with Gasteiger partial charge in [-0.1, -0.05) is 5.16 Å². The number of carbonyl (C=O) groups is 2. The summed E-state index contributed by atoms with van der Waals surface area (Å²) >= 11 is 0. The number of nitrogens with zero attached hydrogens (tertiary/aromatic N) is 1. The first-order valence-corrected chi connectivity index (χ1v) is 4.60. The molecule has 0 spiro atoms. The van der Waals surface area contributed by atoms with Gasteiger partial charge in [-0.05, 0) is 6.92 Å². The fourth-order valence-corrected chi connectivity index (χ4v) is 0.954. The summed E-state index contributed by atoms with van der Waals surface area (Å²) in [6.45, 7) is 1.67. The number of carbonyl (C=O) groups excluding carboxylic acids is 1. The van der Waals surface area contributed by atoms with E-state index in [0.717, 1.165) is 0 Å². The molecule has 1 amide bonds. The quantitative estimate of drug-likeness (QED) is 0.654. The lowest BCUT2D eigenvalue weighted by molar-refractivity contribution is -0.142. The molecule has 0 fully saturated rings. The van der Waals surface area contributed by atoms with Crippen molar-refractivity contribution in [2.75, 3.05) is 19.8 Å². The number of carboxylic acids is 1. The summed E-state index contributed by atoms with van der Waals surface area (Å²) in [6, 6.07) is 1.51. The average molecular weight is 228 g/mol. The van der Waals surface area contributed by atoms with E-state index < -0.39 is 11.9 Å². The van der Waals surface area contributed by atoms with Crippen molar-refractivity contribution in [1.29, 1.82) is 0 Å². The van der Waals surface area contributed by atoms with Gasteiger partial charge >= 0.3 is 5.97 Å². The number of hydrogen-bond donors (Lipinski definition) is 2. The van der Waals surface area contributed by atoms with E-state index in [4.69, 9.17) is 14.4 Å². The highest BCUT2D eigenvalue weighted by molar-refractivity contribution is 5.91. The maximum atomic E-state index is 11.3. The second-order valence-electron chi connectivity index (χ2n) is 3.03. The topological polar surface area (TPSA) is 102 Å². The monoisotopic (exact) mass is 228 g/mol. The van der Waals surface area contributed by atoms with Gasteiger partial charge in [-0.3, -0.25) is 4.79 Å². The number of aryl methyl sites for hydroxylation is 1. The summed E-state index contributed by atoms with van der Waals surface area (Å²) in [5.41, 5.74) is 0.618. The Balaban J connectivity index is 2.18. The first-order valence-electron chi connectivity index (χ1n) is 4.60. The Bertz CT molecular complexity index is 374. The van der Waals surface area contributed by atoms with E-state index in [1.54, 1.807) is 6.92 Å². The predicted octanol–water partition coefficient (Wildman–Crippen LogP) is -0.186. The van der Waals surface area contributed by atoms with E-state index >= 15 is 0 Å². The summed E-state index contributed by atoms with van der Waals surface area (Å²) in [7, 11) is 0. The summed E-state index contributed by atoms with van der Waals surface area (Å²) in [4.78, 5) is 21.4. The van der Waals surface area contributed by atoms with Gasteiger partial charge in [0.1, 0.15) is 6.61 Å². The maximum Gasteiger partial charge on any atom is 0.329 e. The molecule has 88 valence electrons. The van der Waals surface area contributed by atoms with Gasteiger partial charge in [0, 0.05) is 12.6 Å². The Morgan fingerprint density at radius 3 is 2.94 bits per heavy atom. The van der Waals surface area contributed by atoms with Gasteiger partial charge in [0.05, 0.1) is 12.3 Å². The smallest absolute Gasteiger partial charge is 0.329 e. The molecule has 16 heavy (non-hydrogen) atoms. The van der Waals surface area contributed by atoms with Gasteiger partial charge in [0.25, 0.3) is 5.91 Å². The third-order valence-electron chi connectivity index (χ3n) is 1.61. The number of aromatic nitrogens is 1. The molecular weight excluding hydrogens is 216 g/mol. The van der Waals surface area contributed by atoms with Crippen LogP contribution in [-0.4, -0.2) is 41.9 Å². The van der Waals surface area contributed by atoms with E-state index in [2.05, 4.69) is 10.5 Å². The number of aliphatic carboxylic acids is 1. The molecule has 1 aromatic rings. The largest absolute Gasteiger partial charge is 0.480 e. The number of carboxylic acid groups (broad SMARTS) is 1. The molecule has 0 aromatic carbocycles. The van der Waals surface area contributed by atoms with Crippen LogP contribution in [0.25, 0.3) is 0 Å². The minimum absolute atomic E-state index is 0.121. The summed E-state index contributed by atoms with van der Waals surface area (Å²) in [5, 5.41) is 14.3. The Hall–Kier alpha value is -1.89. The Morgan fingerprint density at radius 2 is 2.38 bits per heavy atom. The fourth-order valence-electron chi connectivity index (χ4n) is 0.954. The first-order chi connectivity index (χ1) is 7.59. The maximum absolute atomic E-state index is 11.3. The van der Waals surface area contributed by atoms with Crippen LogP contribution in [0, 0.1) is 6.92 Å². The zero-order valence-electron chi connectivity index (χ0n) is 8.73. The van der Waals surface area contributed by atoms with Crippen LogP contribution in [0.5, 0.6) is 0 Å². The molecular formula is C9H12N2O5. The molecule has 0 aliphatic carbocycles. The first kappa shape index (κ1) is 12.2. The van der Waals surface area contributed by atoms with Gasteiger partial charge in [-0.25, -0.2) is 4.79 Å². The molecule has 0 saturated carbocycles. The molecule has 1 aromatic heterocycles. The van der Waals surface area contributed by atoms with Crippen molar-refractivity contribution in [2.24, 2.45) is 0 Å².